The molecule has 4 heteroatoms. The fourth-order valence-electron chi connectivity index (χ4n) is 2.74. The monoisotopic (exact) mass is 307 g/mol. The molecule has 2 N–H and O–H groups in total. The Labute approximate surface area is 136 Å². The molecule has 1 aliphatic rings. The molecule has 0 radical (unpaired) electrons. The number of nitrogens with one attached hydrogen (secondary N) is 2. The van der Waals surface area contributed by atoms with Gasteiger partial charge in [-0.05, 0) is 44.0 Å². The molecule has 0 aromatic heterocycles. The molecule has 1 fully saturated rings. The number of carbonyl (C=O) groups is 1. The Morgan fingerprint density at radius 3 is 2.13 bits per heavy atom. The van der Waals surface area contributed by atoms with Crippen LogP contribution in [0.1, 0.15) is 34.3 Å². The highest BCUT2D eigenvalue weighted by Crippen LogP contribution is 2.15. The van der Waals surface area contributed by atoms with E-state index in [-0.39, 0.29) is 5.91 Å². The summed E-state index contributed by atoms with van der Waals surface area (Å²) >= 11 is 0. The number of likely N-dealkylation sites (tertiary alicyclic amines) is 1. The van der Waals surface area contributed by atoms with Crippen LogP contribution in [0.25, 0.3) is 0 Å². The Balaban J connectivity index is 1.67. The second-order valence-corrected chi connectivity index (χ2v) is 5.94. The van der Waals surface area contributed by atoms with Crippen molar-refractivity contribution in [1.82, 2.24) is 4.90 Å². The van der Waals surface area contributed by atoms with Crippen molar-refractivity contribution in [2.75, 3.05) is 18.4 Å². The van der Waals surface area contributed by atoms with Crippen LogP contribution in [0.5, 0.6) is 0 Å². The summed E-state index contributed by atoms with van der Waals surface area (Å²) in [4.78, 5) is 14.3. The maximum atomic E-state index is 12.3. The number of anilines is 1. The number of carbonyl (C=O) groups excluding carboxylic acids is 1. The number of hydrogen-bond acceptors (Lipinski definition) is 2. The average Bonchev–Trinajstić information content (AvgIpc) is 3.11. The van der Waals surface area contributed by atoms with E-state index in [1.807, 2.05) is 43.3 Å². The van der Waals surface area contributed by atoms with Crippen LogP contribution < -0.4 is 5.32 Å². The maximum Gasteiger partial charge on any atom is 0.255 e. The van der Waals surface area contributed by atoms with Gasteiger partial charge in [0.2, 0.25) is 0 Å². The topological polar surface area (TPSA) is 56.2 Å². The molecule has 23 heavy (non-hydrogen) atoms. The van der Waals surface area contributed by atoms with Crippen LogP contribution in [-0.2, 0) is 0 Å². The summed E-state index contributed by atoms with van der Waals surface area (Å²) in [5.74, 6) is 0.418. The van der Waals surface area contributed by atoms with Gasteiger partial charge in [0.1, 0.15) is 5.84 Å². The number of nitrogens with zero attached hydrogens (tertiary/aromatic N) is 1. The zero-order valence-corrected chi connectivity index (χ0v) is 13.3. The molecule has 0 aliphatic carbocycles. The molecule has 118 valence electrons. The number of benzene rings is 2. The van der Waals surface area contributed by atoms with E-state index in [0.29, 0.717) is 11.4 Å². The van der Waals surface area contributed by atoms with Crippen LogP contribution in [0.15, 0.2) is 48.5 Å². The first kappa shape index (κ1) is 15.3. The van der Waals surface area contributed by atoms with Gasteiger partial charge in [-0.2, -0.15) is 0 Å². The Kier molecular flexibility index (Phi) is 4.42. The molecule has 0 bridgehead atoms. The summed E-state index contributed by atoms with van der Waals surface area (Å²) in [6, 6.07) is 15.0. The molecular weight excluding hydrogens is 286 g/mol. The summed E-state index contributed by atoms with van der Waals surface area (Å²) in [6.45, 7) is 3.92. The first-order valence-corrected chi connectivity index (χ1v) is 7.95. The molecule has 0 spiro atoms. The van der Waals surface area contributed by atoms with Crippen molar-refractivity contribution in [1.29, 1.82) is 5.41 Å². The number of aryl methyl sites for hydroxylation is 1. The van der Waals surface area contributed by atoms with Gasteiger partial charge in [0.15, 0.2) is 0 Å². The highest BCUT2D eigenvalue weighted by molar-refractivity contribution is 6.05. The zero-order chi connectivity index (χ0) is 16.2. The molecule has 0 unspecified atom stereocenters. The predicted octanol–water partition coefficient (Wildman–Crippen LogP) is 3.67. The van der Waals surface area contributed by atoms with Crippen molar-refractivity contribution in [3.8, 4) is 0 Å². The van der Waals surface area contributed by atoms with Crippen molar-refractivity contribution < 1.29 is 4.79 Å². The molecule has 1 heterocycles. The number of rotatable bonds is 3. The minimum absolute atomic E-state index is 0.131. The Morgan fingerprint density at radius 2 is 1.52 bits per heavy atom. The molecule has 0 atom stereocenters. The lowest BCUT2D eigenvalue weighted by Crippen LogP contribution is -2.27. The lowest BCUT2D eigenvalue weighted by atomic mass is 10.1. The third kappa shape index (κ3) is 3.59. The molecule has 3 rings (SSSR count). The van der Waals surface area contributed by atoms with E-state index < -0.39 is 0 Å². The summed E-state index contributed by atoms with van der Waals surface area (Å²) in [7, 11) is 0. The van der Waals surface area contributed by atoms with E-state index in [4.69, 9.17) is 5.41 Å². The number of hydrogen-bond donors (Lipinski definition) is 2. The quantitative estimate of drug-likeness (QED) is 0.671. The van der Waals surface area contributed by atoms with Crippen molar-refractivity contribution in [3.05, 3.63) is 65.2 Å². The maximum absolute atomic E-state index is 12.3. The largest absolute Gasteiger partial charge is 0.357 e. The lowest BCUT2D eigenvalue weighted by Gasteiger charge is -2.18. The number of amides is 1. The van der Waals surface area contributed by atoms with E-state index in [0.717, 1.165) is 42.7 Å². The van der Waals surface area contributed by atoms with Gasteiger partial charge in [0.05, 0.1) is 0 Å². The fourth-order valence-corrected chi connectivity index (χ4v) is 2.74. The van der Waals surface area contributed by atoms with Crippen LogP contribution in [0.2, 0.25) is 0 Å². The van der Waals surface area contributed by atoms with Crippen molar-refractivity contribution in [2.45, 2.75) is 19.8 Å². The molecule has 2 aromatic rings. The Morgan fingerprint density at radius 1 is 0.957 bits per heavy atom. The predicted molar refractivity (Wildman–Crippen MR) is 93.2 cm³/mol. The van der Waals surface area contributed by atoms with E-state index in [1.54, 1.807) is 12.1 Å². The van der Waals surface area contributed by atoms with Gasteiger partial charge in [-0.3, -0.25) is 10.2 Å². The fraction of sp³-hybridized carbons (Fsp3) is 0.263. The molecule has 2 aromatic carbocycles. The summed E-state index contributed by atoms with van der Waals surface area (Å²) in [6.07, 6.45) is 2.30. The van der Waals surface area contributed by atoms with E-state index in [9.17, 15) is 4.79 Å². The average molecular weight is 307 g/mol. The third-order valence-electron chi connectivity index (χ3n) is 4.15. The minimum Gasteiger partial charge on any atom is -0.357 e. The number of amidine groups is 1. The second-order valence-electron chi connectivity index (χ2n) is 5.94. The lowest BCUT2D eigenvalue weighted by molar-refractivity contribution is 0.102. The van der Waals surface area contributed by atoms with Gasteiger partial charge in [-0.15, -0.1) is 0 Å². The first-order chi connectivity index (χ1) is 11.1. The molecular formula is C19H21N3O. The SMILES string of the molecule is Cc1ccc(NC(=O)c2ccc(C(=N)N3CCCC3)cc2)cc1. The van der Waals surface area contributed by atoms with Gasteiger partial charge in [-0.1, -0.05) is 29.8 Å². The standard InChI is InChI=1S/C19H21N3O/c1-14-4-10-17(11-5-14)21-19(23)16-8-6-15(7-9-16)18(20)22-12-2-3-13-22/h4-11,20H,2-3,12-13H2,1H3,(H,21,23). The highest BCUT2D eigenvalue weighted by Gasteiger charge is 2.16. The molecule has 4 nitrogen and oxygen atoms in total. The van der Waals surface area contributed by atoms with Crippen LogP contribution in [0.4, 0.5) is 5.69 Å². The zero-order valence-electron chi connectivity index (χ0n) is 13.3. The summed E-state index contributed by atoms with van der Waals surface area (Å²) < 4.78 is 0. The van der Waals surface area contributed by atoms with Gasteiger partial charge in [-0.25, -0.2) is 0 Å². The smallest absolute Gasteiger partial charge is 0.255 e. The van der Waals surface area contributed by atoms with Crippen LogP contribution in [0.3, 0.4) is 0 Å². The van der Waals surface area contributed by atoms with Gasteiger partial charge in [0, 0.05) is 29.9 Å². The van der Waals surface area contributed by atoms with E-state index in [1.165, 1.54) is 0 Å². The van der Waals surface area contributed by atoms with Crippen LogP contribution >= 0.6 is 0 Å². The van der Waals surface area contributed by atoms with Crippen molar-refractivity contribution in [2.24, 2.45) is 0 Å². The van der Waals surface area contributed by atoms with Crippen molar-refractivity contribution in [3.63, 3.8) is 0 Å². The normalized spacial score (nSPS) is 13.9. The summed E-state index contributed by atoms with van der Waals surface area (Å²) in [5.41, 5.74) is 3.41. The Bertz CT molecular complexity index is 698. The Hall–Kier alpha value is -2.62. The van der Waals surface area contributed by atoms with Crippen LogP contribution in [0, 0.1) is 12.3 Å². The van der Waals surface area contributed by atoms with E-state index >= 15 is 0 Å². The third-order valence-corrected chi connectivity index (χ3v) is 4.15. The van der Waals surface area contributed by atoms with Crippen LogP contribution in [-0.4, -0.2) is 29.7 Å². The van der Waals surface area contributed by atoms with Gasteiger partial charge < -0.3 is 10.2 Å². The first-order valence-electron chi connectivity index (χ1n) is 7.95. The van der Waals surface area contributed by atoms with Gasteiger partial charge >= 0.3 is 0 Å². The van der Waals surface area contributed by atoms with E-state index in [2.05, 4.69) is 10.2 Å². The molecule has 1 amide bonds. The van der Waals surface area contributed by atoms with Gasteiger partial charge in [0.25, 0.3) is 5.91 Å². The molecule has 0 saturated carbocycles. The van der Waals surface area contributed by atoms with Crippen molar-refractivity contribution >= 4 is 17.4 Å². The molecule has 1 aliphatic heterocycles. The minimum atomic E-state index is -0.131. The highest BCUT2D eigenvalue weighted by atomic mass is 16.1. The summed E-state index contributed by atoms with van der Waals surface area (Å²) in [5, 5.41) is 11.1. The molecule has 1 saturated heterocycles. The second kappa shape index (κ2) is 6.65.